The van der Waals surface area contributed by atoms with Crippen LogP contribution in [0, 0.1) is 17.6 Å². The fourth-order valence-electron chi connectivity index (χ4n) is 3.99. The molecule has 1 aliphatic heterocycles. The number of hydrogen-bond donors (Lipinski definition) is 0. The Balaban J connectivity index is 1.51. The van der Waals surface area contributed by atoms with Gasteiger partial charge < -0.3 is 9.47 Å². The molecular formula is C22H19ClF2N2O2. The minimum atomic E-state index is -0.725. The normalized spacial score (nSPS) is 15.1. The smallest absolute Gasteiger partial charge is 0.272 e. The number of aromatic nitrogens is 1. The van der Waals surface area contributed by atoms with E-state index in [0.717, 1.165) is 29.1 Å². The third-order valence-electron chi connectivity index (χ3n) is 5.59. The standard InChI is InChI=1S/C22H19ClF2N2O2/c1-26-18-5-3-2-4-15(18)19(23)20(26)22(29)27-10-8-13(9-11-27)21(28)16-12-14(24)6-7-17(16)25/h2-7,12-13H,8-11H2,1H3. The lowest BCUT2D eigenvalue weighted by Crippen LogP contribution is -2.41. The molecule has 0 bridgehead atoms. The summed E-state index contributed by atoms with van der Waals surface area (Å²) >= 11 is 6.47. The van der Waals surface area contributed by atoms with Gasteiger partial charge in [-0.25, -0.2) is 8.78 Å². The Hall–Kier alpha value is -2.73. The molecule has 0 atom stereocenters. The third kappa shape index (κ3) is 3.42. The van der Waals surface area contributed by atoms with E-state index >= 15 is 0 Å². The predicted octanol–water partition coefficient (Wildman–Crippen LogP) is 4.85. The maximum Gasteiger partial charge on any atom is 0.272 e. The van der Waals surface area contributed by atoms with Crippen LogP contribution < -0.4 is 0 Å². The number of hydrogen-bond acceptors (Lipinski definition) is 2. The van der Waals surface area contributed by atoms with Crippen LogP contribution in [-0.2, 0) is 7.05 Å². The first-order valence-corrected chi connectivity index (χ1v) is 9.77. The van der Waals surface area contributed by atoms with Gasteiger partial charge in [-0.2, -0.15) is 0 Å². The summed E-state index contributed by atoms with van der Waals surface area (Å²) in [5.41, 5.74) is 1.05. The fraction of sp³-hybridized carbons (Fsp3) is 0.273. The first-order chi connectivity index (χ1) is 13.9. The minimum absolute atomic E-state index is 0.198. The average Bonchev–Trinajstić information content (AvgIpc) is 2.99. The summed E-state index contributed by atoms with van der Waals surface area (Å²) in [6.07, 6.45) is 0.782. The lowest BCUT2D eigenvalue weighted by molar-refractivity contribution is 0.0642. The van der Waals surface area contributed by atoms with Crippen LogP contribution in [0.2, 0.25) is 5.02 Å². The molecule has 2 heterocycles. The molecule has 1 aromatic heterocycles. The Kier molecular flexibility index (Phi) is 5.13. The van der Waals surface area contributed by atoms with E-state index in [2.05, 4.69) is 0 Å². The van der Waals surface area contributed by atoms with E-state index in [0.29, 0.717) is 36.6 Å². The minimum Gasteiger partial charge on any atom is -0.338 e. The Morgan fingerprint density at radius 2 is 1.76 bits per heavy atom. The Bertz CT molecular complexity index is 1080. The van der Waals surface area contributed by atoms with Crippen LogP contribution in [0.3, 0.4) is 0 Å². The molecule has 0 saturated carbocycles. The molecule has 3 aromatic rings. The van der Waals surface area contributed by atoms with Gasteiger partial charge in [0, 0.05) is 37.0 Å². The number of rotatable bonds is 3. The van der Waals surface area contributed by atoms with Crippen LogP contribution in [0.25, 0.3) is 10.9 Å². The Morgan fingerprint density at radius 3 is 2.45 bits per heavy atom. The molecule has 0 N–H and O–H groups in total. The number of likely N-dealkylation sites (tertiary alicyclic amines) is 1. The number of Topliss-reactive ketones (excluding diaryl/α,β-unsaturated/α-hetero) is 1. The van der Waals surface area contributed by atoms with Crippen molar-refractivity contribution in [3.05, 3.63) is 70.4 Å². The average molecular weight is 417 g/mol. The maximum atomic E-state index is 13.9. The molecule has 7 heteroatoms. The number of para-hydroxylation sites is 1. The summed E-state index contributed by atoms with van der Waals surface area (Å²) in [4.78, 5) is 27.4. The number of benzene rings is 2. The maximum absolute atomic E-state index is 13.9. The molecule has 0 spiro atoms. The molecule has 4 nitrogen and oxygen atoms in total. The van der Waals surface area contributed by atoms with Crippen molar-refractivity contribution in [1.29, 1.82) is 0 Å². The van der Waals surface area contributed by atoms with Gasteiger partial charge in [-0.3, -0.25) is 9.59 Å². The Morgan fingerprint density at radius 1 is 1.07 bits per heavy atom. The second kappa shape index (κ2) is 7.59. The highest BCUT2D eigenvalue weighted by molar-refractivity contribution is 6.38. The van der Waals surface area contributed by atoms with Crippen molar-refractivity contribution >= 4 is 34.2 Å². The summed E-state index contributed by atoms with van der Waals surface area (Å²) in [5, 5.41) is 1.22. The highest BCUT2D eigenvalue weighted by Crippen LogP contribution is 2.32. The van der Waals surface area contributed by atoms with Crippen LogP contribution in [0.15, 0.2) is 42.5 Å². The zero-order valence-corrected chi connectivity index (χ0v) is 16.5. The molecule has 1 amide bonds. The quantitative estimate of drug-likeness (QED) is 0.573. The van der Waals surface area contributed by atoms with Gasteiger partial charge in [-0.15, -0.1) is 0 Å². The molecule has 1 aliphatic rings. The first kappa shape index (κ1) is 19.6. The van der Waals surface area contributed by atoms with Crippen molar-refractivity contribution in [1.82, 2.24) is 9.47 Å². The van der Waals surface area contributed by atoms with Crippen molar-refractivity contribution in [3.63, 3.8) is 0 Å². The third-order valence-corrected chi connectivity index (χ3v) is 5.98. The second-order valence-electron chi connectivity index (χ2n) is 7.29. The zero-order valence-electron chi connectivity index (χ0n) is 15.8. The summed E-state index contributed by atoms with van der Waals surface area (Å²) < 4.78 is 29.1. The van der Waals surface area contributed by atoms with Gasteiger partial charge in [0.2, 0.25) is 0 Å². The molecule has 150 valence electrons. The molecular weight excluding hydrogens is 398 g/mol. The van der Waals surface area contributed by atoms with E-state index < -0.39 is 23.3 Å². The number of piperidine rings is 1. The summed E-state index contributed by atoms with van der Waals surface area (Å²) in [5.74, 6) is -2.43. The highest BCUT2D eigenvalue weighted by Gasteiger charge is 2.32. The molecule has 29 heavy (non-hydrogen) atoms. The van der Waals surface area contributed by atoms with Gasteiger partial charge in [-0.1, -0.05) is 29.8 Å². The van der Waals surface area contributed by atoms with Gasteiger partial charge in [0.25, 0.3) is 5.91 Å². The fourth-order valence-corrected chi connectivity index (χ4v) is 4.35. The van der Waals surface area contributed by atoms with E-state index in [-0.39, 0.29) is 11.5 Å². The van der Waals surface area contributed by atoms with Gasteiger partial charge in [0.05, 0.1) is 10.6 Å². The SMILES string of the molecule is Cn1c(C(=O)N2CCC(C(=O)c3cc(F)ccc3F)CC2)c(Cl)c2ccccc21. The van der Waals surface area contributed by atoms with Crippen molar-refractivity contribution in [2.45, 2.75) is 12.8 Å². The number of carbonyl (C=O) groups excluding carboxylic acids is 2. The highest BCUT2D eigenvalue weighted by atomic mass is 35.5. The molecule has 0 unspecified atom stereocenters. The molecule has 0 radical (unpaired) electrons. The van der Waals surface area contributed by atoms with Gasteiger partial charge in [-0.05, 0) is 37.1 Å². The number of amides is 1. The predicted molar refractivity (Wildman–Crippen MR) is 107 cm³/mol. The van der Waals surface area contributed by atoms with Crippen LogP contribution in [0.4, 0.5) is 8.78 Å². The van der Waals surface area contributed by atoms with Gasteiger partial charge in [0.15, 0.2) is 5.78 Å². The molecule has 1 saturated heterocycles. The van der Waals surface area contributed by atoms with Crippen LogP contribution >= 0.6 is 11.6 Å². The molecule has 4 rings (SSSR count). The summed E-state index contributed by atoms with van der Waals surface area (Å²) in [6.45, 7) is 0.702. The largest absolute Gasteiger partial charge is 0.338 e. The van der Waals surface area contributed by atoms with E-state index in [1.165, 1.54) is 0 Å². The lowest BCUT2D eigenvalue weighted by atomic mass is 9.88. The van der Waals surface area contributed by atoms with E-state index in [1.54, 1.807) is 16.5 Å². The first-order valence-electron chi connectivity index (χ1n) is 9.40. The summed E-state index contributed by atoms with van der Waals surface area (Å²) in [6, 6.07) is 10.4. The monoisotopic (exact) mass is 416 g/mol. The van der Waals surface area contributed by atoms with E-state index in [9.17, 15) is 18.4 Å². The van der Waals surface area contributed by atoms with E-state index in [4.69, 9.17) is 11.6 Å². The Labute approximate surface area is 171 Å². The summed E-state index contributed by atoms with van der Waals surface area (Å²) in [7, 11) is 1.80. The van der Waals surface area contributed by atoms with Gasteiger partial charge >= 0.3 is 0 Å². The lowest BCUT2D eigenvalue weighted by Gasteiger charge is -2.31. The molecule has 2 aromatic carbocycles. The van der Waals surface area contributed by atoms with Crippen LogP contribution in [-0.4, -0.2) is 34.2 Å². The number of fused-ring (bicyclic) bond motifs is 1. The second-order valence-corrected chi connectivity index (χ2v) is 7.67. The van der Waals surface area contributed by atoms with Crippen molar-refractivity contribution in [3.8, 4) is 0 Å². The van der Waals surface area contributed by atoms with Gasteiger partial charge in [0.1, 0.15) is 17.3 Å². The number of ketones is 1. The topological polar surface area (TPSA) is 42.3 Å². The van der Waals surface area contributed by atoms with Crippen molar-refractivity contribution < 1.29 is 18.4 Å². The number of nitrogens with zero attached hydrogens (tertiary/aromatic N) is 2. The van der Waals surface area contributed by atoms with Crippen LogP contribution in [0.5, 0.6) is 0 Å². The van der Waals surface area contributed by atoms with Crippen LogP contribution in [0.1, 0.15) is 33.7 Å². The molecule has 0 aliphatic carbocycles. The number of halogens is 3. The number of aryl methyl sites for hydroxylation is 1. The number of carbonyl (C=O) groups is 2. The van der Waals surface area contributed by atoms with Crippen molar-refractivity contribution in [2.75, 3.05) is 13.1 Å². The van der Waals surface area contributed by atoms with Crippen molar-refractivity contribution in [2.24, 2.45) is 13.0 Å². The van der Waals surface area contributed by atoms with E-state index in [1.807, 2.05) is 24.3 Å². The molecule has 1 fully saturated rings. The zero-order chi connectivity index (χ0) is 20.7.